The molecule has 0 radical (unpaired) electrons. The molecule has 0 saturated heterocycles. The number of tetrazole rings is 3. The summed E-state index contributed by atoms with van der Waals surface area (Å²) in [6.07, 6.45) is 0.756. The monoisotopic (exact) mass is 1210 g/mol. The van der Waals surface area contributed by atoms with Gasteiger partial charge in [-0.05, 0) is 177 Å². The number of aromatic nitrogens is 12. The van der Waals surface area contributed by atoms with E-state index >= 15 is 0 Å². The van der Waals surface area contributed by atoms with Gasteiger partial charge >= 0.3 is 23.9 Å². The average molecular weight is 1210 g/mol. The van der Waals surface area contributed by atoms with Crippen molar-refractivity contribution in [1.82, 2.24) is 60.6 Å². The van der Waals surface area contributed by atoms with Crippen LogP contribution >= 0.6 is 35.3 Å². The van der Waals surface area contributed by atoms with Gasteiger partial charge in [0.05, 0.1) is 63.2 Å². The van der Waals surface area contributed by atoms with Crippen LogP contribution in [0.4, 0.5) is 0 Å². The number of rotatable bonds is 20. The van der Waals surface area contributed by atoms with E-state index in [-0.39, 0.29) is 57.9 Å². The lowest BCUT2D eigenvalue weighted by Gasteiger charge is -2.08. The second-order valence-corrected chi connectivity index (χ2v) is 21.4. The number of esters is 1. The highest BCUT2D eigenvalue weighted by Gasteiger charge is 2.25. The first-order valence-corrected chi connectivity index (χ1v) is 28.9. The minimum absolute atomic E-state index is 0.00646. The van der Waals surface area contributed by atoms with Crippen LogP contribution in [0.2, 0.25) is 0 Å². The fraction of sp³-hybridized carbons (Fsp3) is 0.133. The number of ketones is 3. The zero-order valence-electron chi connectivity index (χ0n) is 45.7. The molecule has 7 aromatic carbocycles. The molecule has 0 spiro atoms. The summed E-state index contributed by atoms with van der Waals surface area (Å²) in [4.78, 5) is 82.6. The van der Waals surface area contributed by atoms with E-state index in [0.29, 0.717) is 49.2 Å². The summed E-state index contributed by atoms with van der Waals surface area (Å²) in [5.41, 5.74) is 11.2. The fourth-order valence-electron chi connectivity index (χ4n) is 8.62. The SMILES string of the molecule is CCOC(=O)c1ccc(C(=O)CSc2nnnn2-c2ccc(C(=O)O)cc2)cc1.Cc1ccc(C)c(C(=O)CSc2nnnn2-c2ccc(C(=O)O)cc2)c1.O=C(O)c1ccc(-n2nnnc2SCC(=O)c2cccc3c2Cc2ccccc2-3)cc1. The number of hydrogen-bond donors (Lipinski definition) is 3. The molecule has 0 aliphatic heterocycles. The molecule has 86 heavy (non-hydrogen) atoms. The Morgan fingerprint density at radius 1 is 0.465 bits per heavy atom. The van der Waals surface area contributed by atoms with E-state index in [1.165, 1.54) is 85.1 Å². The molecule has 23 nitrogen and oxygen atoms in total. The Bertz CT molecular complexity index is 4150. The summed E-state index contributed by atoms with van der Waals surface area (Å²) < 4.78 is 9.31. The van der Waals surface area contributed by atoms with Crippen molar-refractivity contribution in [3.05, 3.63) is 219 Å². The van der Waals surface area contributed by atoms with Crippen LogP contribution in [0.25, 0.3) is 28.2 Å². The van der Waals surface area contributed by atoms with Gasteiger partial charge in [0.15, 0.2) is 17.3 Å². The van der Waals surface area contributed by atoms with Crippen LogP contribution in [0.15, 0.2) is 173 Å². The number of hydrogen-bond acceptors (Lipinski definition) is 20. The predicted octanol–water partition coefficient (Wildman–Crippen LogP) is 9.37. The largest absolute Gasteiger partial charge is 0.478 e. The minimum Gasteiger partial charge on any atom is -0.478 e. The van der Waals surface area contributed by atoms with Crippen molar-refractivity contribution in [1.29, 1.82) is 0 Å². The van der Waals surface area contributed by atoms with Crippen molar-refractivity contribution in [3.8, 4) is 28.2 Å². The van der Waals surface area contributed by atoms with Crippen molar-refractivity contribution >= 4 is 76.5 Å². The van der Waals surface area contributed by atoms with E-state index in [2.05, 4.69) is 64.8 Å². The van der Waals surface area contributed by atoms with E-state index in [1.807, 2.05) is 56.3 Å². The smallest absolute Gasteiger partial charge is 0.338 e. The maximum Gasteiger partial charge on any atom is 0.338 e. The lowest BCUT2D eigenvalue weighted by molar-refractivity contribution is 0.0524. The molecule has 0 bridgehead atoms. The Kier molecular flexibility index (Phi) is 19.5. The van der Waals surface area contributed by atoms with Gasteiger partial charge in [0.2, 0.25) is 15.5 Å². The van der Waals surface area contributed by atoms with Crippen LogP contribution < -0.4 is 0 Å². The van der Waals surface area contributed by atoms with Gasteiger partial charge in [-0.1, -0.05) is 108 Å². The molecule has 3 N–H and O–H groups in total. The van der Waals surface area contributed by atoms with E-state index < -0.39 is 23.9 Å². The van der Waals surface area contributed by atoms with Crippen LogP contribution in [0, 0.1) is 13.8 Å². The molecule has 1 aliphatic carbocycles. The van der Waals surface area contributed by atoms with Crippen LogP contribution in [0.1, 0.15) is 102 Å². The van der Waals surface area contributed by atoms with Gasteiger partial charge < -0.3 is 20.1 Å². The highest BCUT2D eigenvalue weighted by molar-refractivity contribution is 8.00. The van der Waals surface area contributed by atoms with E-state index in [4.69, 9.17) is 20.1 Å². The molecule has 10 aromatic rings. The number of carboxylic acid groups (broad SMARTS) is 3. The summed E-state index contributed by atoms with van der Waals surface area (Å²) in [5.74, 6) is -3.09. The second kappa shape index (κ2) is 27.8. The molecule has 3 heterocycles. The van der Waals surface area contributed by atoms with Crippen molar-refractivity contribution in [2.45, 2.75) is 42.7 Å². The van der Waals surface area contributed by atoms with Gasteiger partial charge in [0.1, 0.15) is 0 Å². The zero-order valence-corrected chi connectivity index (χ0v) is 48.2. The molecule has 1 aliphatic rings. The maximum absolute atomic E-state index is 13.1. The summed E-state index contributed by atoms with van der Waals surface area (Å²) in [5, 5.41) is 62.9. The summed E-state index contributed by atoms with van der Waals surface area (Å²) in [6, 6.07) is 44.6. The van der Waals surface area contributed by atoms with E-state index in [0.717, 1.165) is 46.0 Å². The molecule has 0 fully saturated rings. The number of fused-ring (bicyclic) bond motifs is 3. The molecular weight excluding hydrogens is 1160 g/mol. The summed E-state index contributed by atoms with van der Waals surface area (Å²) >= 11 is 3.64. The normalized spacial score (nSPS) is 11.0. The molecule has 0 unspecified atom stereocenters. The Hall–Kier alpha value is -10.3. The lowest BCUT2D eigenvalue weighted by atomic mass is 9.99. The minimum atomic E-state index is -1.03. The predicted molar refractivity (Wildman–Crippen MR) is 317 cm³/mol. The van der Waals surface area contributed by atoms with Gasteiger partial charge in [0, 0.05) is 16.7 Å². The molecule has 432 valence electrons. The number of carbonyl (C=O) groups excluding carboxylic acids is 4. The van der Waals surface area contributed by atoms with E-state index in [1.54, 1.807) is 67.6 Å². The van der Waals surface area contributed by atoms with Gasteiger partial charge in [0.25, 0.3) is 0 Å². The van der Waals surface area contributed by atoms with Crippen molar-refractivity contribution < 1.29 is 53.6 Å². The Morgan fingerprint density at radius 3 is 1.35 bits per heavy atom. The van der Waals surface area contributed by atoms with Gasteiger partial charge in [-0.15, -0.1) is 15.3 Å². The second-order valence-electron chi connectivity index (χ2n) is 18.6. The van der Waals surface area contributed by atoms with Gasteiger partial charge in [-0.25, -0.2) is 19.2 Å². The maximum atomic E-state index is 13.1. The first-order chi connectivity index (χ1) is 41.6. The third-order valence-corrected chi connectivity index (χ3v) is 15.7. The zero-order chi connectivity index (χ0) is 60.9. The van der Waals surface area contributed by atoms with Crippen molar-refractivity contribution in [2.24, 2.45) is 0 Å². The number of benzene rings is 7. The highest BCUT2D eigenvalue weighted by atomic mass is 32.2. The molecule has 0 amide bonds. The molecule has 26 heteroatoms. The van der Waals surface area contributed by atoms with Crippen LogP contribution in [0.5, 0.6) is 0 Å². The first kappa shape index (κ1) is 60.3. The quantitative estimate of drug-likeness (QED) is 0.0363. The topological polar surface area (TPSA) is 320 Å². The lowest BCUT2D eigenvalue weighted by Crippen LogP contribution is -2.08. The van der Waals surface area contributed by atoms with Crippen LogP contribution in [-0.4, -0.2) is 141 Å². The van der Waals surface area contributed by atoms with Gasteiger partial charge in [-0.3, -0.25) is 14.4 Å². The van der Waals surface area contributed by atoms with Crippen LogP contribution in [-0.2, 0) is 11.2 Å². The number of carbonyl (C=O) groups is 7. The summed E-state index contributed by atoms with van der Waals surface area (Å²) in [6.45, 7) is 5.86. The third kappa shape index (κ3) is 14.5. The molecular formula is C60H48N12O11S3. The Labute approximate surface area is 501 Å². The number of nitrogens with zero attached hydrogens (tertiary/aromatic N) is 12. The highest BCUT2D eigenvalue weighted by Crippen LogP contribution is 2.38. The standard InChI is InChI=1S/C23H16N4O3S.C19H16N4O5S.C18H16N4O3S/c28-21(19-7-3-6-18-17-5-2-1-4-15(17)12-20(18)19)13-31-23-24-25-26-27(23)16-10-8-14(9-11-16)22(29)30;1-2-28-18(27)14-5-3-12(4-6-14)16(24)11-29-19-20-21-22-23(19)15-9-7-13(8-10-15)17(25)26;1-11-3-4-12(2)15(9-11)16(23)10-26-18-19-20-21-22(18)14-7-5-13(6-8-14)17(24)25/h1-11H,12-13H2,(H,29,30);3-10H,2,11H2,1H3,(H,25,26);3-9H,10H2,1-2H3,(H,24,25). The average Bonchev–Trinajstić information content (AvgIpc) is 2.58. The number of aromatic carboxylic acids is 3. The fourth-order valence-corrected chi connectivity index (χ4v) is 11.0. The number of carboxylic acids is 3. The number of ether oxygens (including phenoxy) is 1. The molecule has 3 aromatic heterocycles. The van der Waals surface area contributed by atoms with Crippen molar-refractivity contribution in [3.63, 3.8) is 0 Å². The molecule has 0 atom stereocenters. The van der Waals surface area contributed by atoms with Crippen molar-refractivity contribution in [2.75, 3.05) is 23.9 Å². The number of thioether (sulfide) groups is 3. The van der Waals surface area contributed by atoms with E-state index in [9.17, 15) is 33.6 Å². The summed E-state index contributed by atoms with van der Waals surface area (Å²) in [7, 11) is 0. The number of aryl methyl sites for hydroxylation is 2. The molecule has 0 saturated carbocycles. The Morgan fingerprint density at radius 2 is 0.884 bits per heavy atom. The van der Waals surface area contributed by atoms with Crippen LogP contribution in [0.3, 0.4) is 0 Å². The van der Waals surface area contributed by atoms with Gasteiger partial charge in [-0.2, -0.15) is 14.0 Å². The Balaban J connectivity index is 0.000000155. The third-order valence-electron chi connectivity index (χ3n) is 13.0. The number of Topliss-reactive ketones (excluding diaryl/α,β-unsaturated/α-hetero) is 3. The first-order valence-electron chi connectivity index (χ1n) is 26.0. The molecule has 11 rings (SSSR count).